The monoisotopic (exact) mass is 531 g/mol. The van der Waals surface area contributed by atoms with Crippen molar-refractivity contribution in [3.05, 3.63) is 83.9 Å². The molecule has 1 unspecified atom stereocenters. The van der Waals surface area contributed by atoms with Crippen LogP contribution in [0.3, 0.4) is 0 Å². The van der Waals surface area contributed by atoms with Crippen molar-refractivity contribution in [3.8, 4) is 16.2 Å². The van der Waals surface area contributed by atoms with Crippen molar-refractivity contribution in [1.82, 2.24) is 20.5 Å². The average molecular weight is 532 g/mol. The van der Waals surface area contributed by atoms with E-state index in [4.69, 9.17) is 5.21 Å². The fraction of sp³-hybridized carbons (Fsp3) is 0.174. The Morgan fingerprint density at radius 3 is 2.67 bits per heavy atom. The van der Waals surface area contributed by atoms with Crippen LogP contribution in [0.1, 0.15) is 23.7 Å². The van der Waals surface area contributed by atoms with Gasteiger partial charge in [0.1, 0.15) is 10.7 Å². The lowest BCUT2D eigenvalue weighted by Gasteiger charge is -2.17. The Morgan fingerprint density at radius 1 is 1.19 bits per heavy atom. The van der Waals surface area contributed by atoms with Crippen LogP contribution in [-0.4, -0.2) is 40.0 Å². The van der Waals surface area contributed by atoms with Gasteiger partial charge in [-0.2, -0.15) is 0 Å². The van der Waals surface area contributed by atoms with Crippen molar-refractivity contribution in [2.24, 2.45) is 0 Å². The molecule has 4 rings (SSSR count). The van der Waals surface area contributed by atoms with Gasteiger partial charge in [0.2, 0.25) is 5.91 Å². The number of phenols is 1. The van der Waals surface area contributed by atoms with Gasteiger partial charge in [-0.15, -0.1) is 16.4 Å². The van der Waals surface area contributed by atoms with E-state index in [1.807, 2.05) is 36.4 Å². The largest absolute Gasteiger partial charge is 0.505 e. The molecule has 2 aromatic heterocycles. The molecule has 0 radical (unpaired) electrons. The highest BCUT2D eigenvalue weighted by Crippen LogP contribution is 2.34. The molecule has 0 aliphatic heterocycles. The number of hydrogen-bond acceptors (Lipinski definition) is 7. The molecule has 2 heterocycles. The summed E-state index contributed by atoms with van der Waals surface area (Å²) < 4.78 is 38.5. The summed E-state index contributed by atoms with van der Waals surface area (Å²) >= 11 is -0.990. The normalized spacial score (nSPS) is 12.8. The number of phenolic OH excluding ortho intramolecular Hbond substituents is 1. The molecular formula is C23H22FN5O5S2. The number of carbonyl (C=O) groups is 1. The summed E-state index contributed by atoms with van der Waals surface area (Å²) in [5.41, 5.74) is 3.40. The zero-order chi connectivity index (χ0) is 25.7. The van der Waals surface area contributed by atoms with Crippen LogP contribution in [0.4, 0.5) is 9.39 Å². The Kier molecular flexibility index (Phi) is 8.05. The lowest BCUT2D eigenvalue weighted by Crippen LogP contribution is -2.25. The summed E-state index contributed by atoms with van der Waals surface area (Å²) in [5, 5.41) is 27.1. The average Bonchev–Trinajstić information content (AvgIpc) is 3.55. The van der Waals surface area contributed by atoms with Gasteiger partial charge < -0.3 is 5.11 Å². The van der Waals surface area contributed by atoms with Crippen LogP contribution in [-0.2, 0) is 29.0 Å². The summed E-state index contributed by atoms with van der Waals surface area (Å²) in [6, 6.07) is 16.5. The van der Waals surface area contributed by atoms with Crippen LogP contribution in [0.25, 0.3) is 10.4 Å². The van der Waals surface area contributed by atoms with E-state index >= 15 is 0 Å². The molecule has 2 aromatic carbocycles. The topological polar surface area (TPSA) is 141 Å². The maximum absolute atomic E-state index is 13.8. The number of aromatic nitrogens is 3. The first-order chi connectivity index (χ1) is 17.3. The van der Waals surface area contributed by atoms with E-state index in [-0.39, 0.29) is 19.4 Å². The quantitative estimate of drug-likeness (QED) is 0.139. The van der Waals surface area contributed by atoms with Crippen molar-refractivity contribution < 1.29 is 28.3 Å². The predicted octanol–water partition coefficient (Wildman–Crippen LogP) is 3.67. The first-order valence-corrected chi connectivity index (χ1v) is 12.6. The first-order valence-electron chi connectivity index (χ1n) is 10.7. The smallest absolute Gasteiger partial charge is 0.262 e. The van der Waals surface area contributed by atoms with Crippen molar-refractivity contribution in [1.29, 1.82) is 0 Å². The highest BCUT2D eigenvalue weighted by Gasteiger charge is 2.22. The summed E-state index contributed by atoms with van der Waals surface area (Å²) in [6.07, 6.45) is 1.48. The van der Waals surface area contributed by atoms with Crippen LogP contribution in [0, 0.1) is 5.82 Å². The molecule has 0 saturated heterocycles. The van der Waals surface area contributed by atoms with Crippen molar-refractivity contribution in [2.45, 2.75) is 25.4 Å². The number of rotatable bonds is 10. The van der Waals surface area contributed by atoms with E-state index in [2.05, 4.69) is 10.3 Å². The van der Waals surface area contributed by atoms with Crippen molar-refractivity contribution >= 4 is 33.5 Å². The lowest BCUT2D eigenvalue weighted by molar-refractivity contribution is -0.130. The molecule has 188 valence electrons. The number of benzene rings is 2. The number of aromatic hydroxyl groups is 1. The number of anilines is 1. The molecule has 2 atom stereocenters. The van der Waals surface area contributed by atoms with Crippen LogP contribution in [0.15, 0.2) is 66.9 Å². The van der Waals surface area contributed by atoms with Gasteiger partial charge in [0.15, 0.2) is 11.6 Å². The number of nitrogens with zero attached hydrogens (tertiary/aromatic N) is 4. The standard InChI is InChI=1S/C23H22FN5O5S2/c24-19-11-15(6-7-20(19)30)10-18(12-22(31)26-32)28-13-17(25-27-28)14-29(36(33)34)23-9-8-21(35-23)16-4-2-1-3-5-16/h1-9,11,13,18,30,32H,10,12,14H2,(H,26,31)(H,33,34)/t18-/m0/s1. The Balaban J connectivity index is 1.54. The second kappa shape index (κ2) is 11.4. The maximum atomic E-state index is 13.8. The third-order valence-electron chi connectivity index (χ3n) is 5.35. The minimum absolute atomic E-state index is 0.0371. The van der Waals surface area contributed by atoms with E-state index in [9.17, 15) is 23.1 Å². The first kappa shape index (κ1) is 25.4. The van der Waals surface area contributed by atoms with Crippen LogP contribution in [0.2, 0.25) is 0 Å². The molecular weight excluding hydrogens is 509 g/mol. The second-order valence-corrected chi connectivity index (χ2v) is 9.81. The van der Waals surface area contributed by atoms with Gasteiger partial charge in [-0.25, -0.2) is 18.8 Å². The molecule has 10 nitrogen and oxygen atoms in total. The second-order valence-electron chi connectivity index (χ2n) is 7.84. The zero-order valence-electron chi connectivity index (χ0n) is 18.7. The minimum Gasteiger partial charge on any atom is -0.505 e. The summed E-state index contributed by atoms with van der Waals surface area (Å²) in [7, 11) is 0. The Morgan fingerprint density at radius 2 is 1.97 bits per heavy atom. The van der Waals surface area contributed by atoms with Gasteiger partial charge in [0.05, 0.1) is 25.2 Å². The van der Waals surface area contributed by atoms with Gasteiger partial charge in [-0.1, -0.05) is 41.6 Å². The molecule has 13 heteroatoms. The number of halogens is 1. The van der Waals surface area contributed by atoms with Gasteiger partial charge in [0.25, 0.3) is 11.3 Å². The van der Waals surface area contributed by atoms with Gasteiger partial charge in [-0.05, 0) is 41.8 Å². The maximum Gasteiger partial charge on any atom is 0.262 e. The number of amides is 1. The summed E-state index contributed by atoms with van der Waals surface area (Å²) in [6.45, 7) is -0.0371. The highest BCUT2D eigenvalue weighted by molar-refractivity contribution is 7.81. The number of hydrogen-bond donors (Lipinski definition) is 4. The number of hydroxylamine groups is 1. The lowest BCUT2D eigenvalue weighted by atomic mass is 10.0. The van der Waals surface area contributed by atoms with Crippen molar-refractivity contribution in [3.63, 3.8) is 0 Å². The predicted molar refractivity (Wildman–Crippen MR) is 132 cm³/mol. The fourth-order valence-electron chi connectivity index (χ4n) is 3.61. The van der Waals surface area contributed by atoms with E-state index in [1.165, 1.54) is 38.7 Å². The van der Waals surface area contributed by atoms with E-state index < -0.39 is 34.8 Å². The molecule has 0 aliphatic carbocycles. The molecule has 1 amide bonds. The number of nitrogens with one attached hydrogen (secondary N) is 1. The molecule has 0 fully saturated rings. The van der Waals surface area contributed by atoms with Crippen LogP contribution in [0.5, 0.6) is 5.75 Å². The number of thiophene rings is 1. The third-order valence-corrected chi connectivity index (χ3v) is 7.33. The van der Waals surface area contributed by atoms with E-state index in [1.54, 1.807) is 11.5 Å². The SMILES string of the molecule is O=C(C[C@H](Cc1ccc(O)c(F)c1)n1cc(CN(c2ccc(-c3ccccc3)s2)S(=O)O)nn1)NO. The zero-order valence-corrected chi connectivity index (χ0v) is 20.3. The molecule has 0 bridgehead atoms. The van der Waals surface area contributed by atoms with E-state index in [0.717, 1.165) is 16.5 Å². The van der Waals surface area contributed by atoms with E-state index in [0.29, 0.717) is 16.3 Å². The molecule has 36 heavy (non-hydrogen) atoms. The summed E-state index contributed by atoms with van der Waals surface area (Å²) in [4.78, 5) is 12.8. The molecule has 0 aliphatic rings. The highest BCUT2D eigenvalue weighted by atomic mass is 32.2. The van der Waals surface area contributed by atoms with Crippen molar-refractivity contribution in [2.75, 3.05) is 4.31 Å². The van der Waals surface area contributed by atoms with Crippen LogP contribution < -0.4 is 9.79 Å². The van der Waals surface area contributed by atoms with Crippen LogP contribution >= 0.6 is 11.3 Å². The molecule has 4 aromatic rings. The Labute approximate surface area is 212 Å². The Bertz CT molecular complexity index is 1360. The van der Waals surface area contributed by atoms with Gasteiger partial charge >= 0.3 is 0 Å². The molecule has 0 saturated carbocycles. The number of carbonyl (C=O) groups excluding carboxylic acids is 1. The van der Waals surface area contributed by atoms with Gasteiger partial charge in [0, 0.05) is 4.88 Å². The minimum atomic E-state index is -2.34. The molecule has 0 spiro atoms. The Hall–Kier alpha value is -3.65. The van der Waals surface area contributed by atoms with Gasteiger partial charge in [-0.3, -0.25) is 18.9 Å². The third kappa shape index (κ3) is 6.12. The fourth-order valence-corrected chi connectivity index (χ4v) is 5.29. The summed E-state index contributed by atoms with van der Waals surface area (Å²) in [5.74, 6) is -1.97. The molecule has 4 N–H and O–H groups in total.